The Morgan fingerprint density at radius 3 is 3.08 bits per heavy atom. The van der Waals surface area contributed by atoms with Gasteiger partial charge in [-0.1, -0.05) is 6.08 Å². The second kappa shape index (κ2) is 8.38. The van der Waals surface area contributed by atoms with Crippen molar-refractivity contribution < 1.29 is 24.0 Å². The molecular formula is C14H22N4O5S. The number of carbonyl (C=O) groups is 1. The zero-order valence-electron chi connectivity index (χ0n) is 13.1. The normalized spacial score (nSPS) is 28.9. The molecule has 2 aliphatic rings. The second-order valence-corrected chi connectivity index (χ2v) is 6.93. The summed E-state index contributed by atoms with van der Waals surface area (Å²) < 4.78 is 17.7. The third kappa shape index (κ3) is 4.20. The van der Waals surface area contributed by atoms with E-state index in [1.165, 1.54) is 29.8 Å². The van der Waals surface area contributed by atoms with Gasteiger partial charge in [-0.25, -0.2) is 10.0 Å². The average molecular weight is 358 g/mol. The number of carboxylic acids is 1. The van der Waals surface area contributed by atoms with E-state index in [9.17, 15) is 19.2 Å². The molecule has 0 aliphatic carbocycles. The van der Waals surface area contributed by atoms with E-state index in [1.807, 2.05) is 0 Å². The Bertz CT molecular complexity index is 555. The van der Waals surface area contributed by atoms with Crippen LogP contribution in [0.2, 0.25) is 0 Å². The molecule has 2 heterocycles. The van der Waals surface area contributed by atoms with Gasteiger partial charge in [-0.3, -0.25) is 19.7 Å². The summed E-state index contributed by atoms with van der Waals surface area (Å²) in [6.07, 6.45) is 5.96. The van der Waals surface area contributed by atoms with Gasteiger partial charge in [0.1, 0.15) is 18.5 Å². The number of hydrogen-bond donors (Lipinski definition) is 4. The first kappa shape index (κ1) is 18.6. The Labute approximate surface area is 142 Å². The molecule has 9 nitrogen and oxygen atoms in total. The molecule has 134 valence electrons. The van der Waals surface area contributed by atoms with Crippen LogP contribution in [-0.4, -0.2) is 67.8 Å². The van der Waals surface area contributed by atoms with E-state index in [-0.39, 0.29) is 11.5 Å². The molecule has 0 aromatic rings. The second-order valence-electron chi connectivity index (χ2n) is 5.38. The van der Waals surface area contributed by atoms with Gasteiger partial charge in [0.05, 0.1) is 12.4 Å². The number of carboxylic acid groups (broad SMARTS) is 1. The third-order valence-corrected chi connectivity index (χ3v) is 4.96. The van der Waals surface area contributed by atoms with Gasteiger partial charge in [-0.2, -0.15) is 0 Å². The molecule has 10 heteroatoms. The van der Waals surface area contributed by atoms with Gasteiger partial charge in [0, 0.05) is 29.0 Å². The maximum atomic E-state index is 11.9. The zero-order valence-corrected chi connectivity index (χ0v) is 13.9. The van der Waals surface area contributed by atoms with Crippen LogP contribution in [0.3, 0.4) is 0 Å². The van der Waals surface area contributed by atoms with Crippen molar-refractivity contribution in [2.24, 2.45) is 4.99 Å². The van der Waals surface area contributed by atoms with Crippen LogP contribution >= 0.6 is 0 Å². The molecule has 0 spiro atoms. The van der Waals surface area contributed by atoms with E-state index in [1.54, 1.807) is 0 Å². The lowest BCUT2D eigenvalue weighted by molar-refractivity contribution is -0.245. The topological polar surface area (TPSA) is 123 Å². The minimum absolute atomic E-state index is 0.139. The molecule has 3 unspecified atom stereocenters. The summed E-state index contributed by atoms with van der Waals surface area (Å²) >= 11 is 0. The number of hydrazine groups is 1. The minimum atomic E-state index is -1.52. The van der Waals surface area contributed by atoms with E-state index in [2.05, 4.69) is 22.3 Å². The van der Waals surface area contributed by atoms with Crippen LogP contribution < -0.4 is 10.7 Å². The van der Waals surface area contributed by atoms with Gasteiger partial charge in [0.25, 0.3) is 0 Å². The summed E-state index contributed by atoms with van der Waals surface area (Å²) in [5.74, 6) is -2.65. The third-order valence-electron chi connectivity index (χ3n) is 3.65. The molecule has 0 saturated carbocycles. The van der Waals surface area contributed by atoms with Gasteiger partial charge >= 0.3 is 5.97 Å². The highest BCUT2D eigenvalue weighted by molar-refractivity contribution is 7.85. The Morgan fingerprint density at radius 2 is 2.50 bits per heavy atom. The van der Waals surface area contributed by atoms with Crippen molar-refractivity contribution in [1.29, 1.82) is 0 Å². The van der Waals surface area contributed by atoms with Crippen molar-refractivity contribution in [3.05, 3.63) is 25.1 Å². The Hall–Kier alpha value is -1.75. The lowest BCUT2D eigenvalue weighted by Gasteiger charge is -2.48. The number of nitrogens with zero attached hydrogens (tertiary/aromatic N) is 2. The fourth-order valence-electron chi connectivity index (χ4n) is 2.52. The van der Waals surface area contributed by atoms with Crippen molar-refractivity contribution in [2.45, 2.75) is 30.8 Å². The van der Waals surface area contributed by atoms with Crippen molar-refractivity contribution >= 4 is 23.1 Å². The fourth-order valence-corrected chi connectivity index (χ4v) is 3.52. The van der Waals surface area contributed by atoms with Gasteiger partial charge in [-0.05, 0) is 12.8 Å². The molecule has 0 bridgehead atoms. The number of rotatable bonds is 8. The van der Waals surface area contributed by atoms with E-state index < -0.39 is 34.8 Å². The van der Waals surface area contributed by atoms with Crippen molar-refractivity contribution in [1.82, 2.24) is 15.8 Å². The smallest absolute Gasteiger partial charge is 0.321 e. The highest BCUT2D eigenvalue weighted by atomic mass is 32.2. The maximum absolute atomic E-state index is 11.9. The molecule has 2 aliphatic heterocycles. The Morgan fingerprint density at radius 1 is 1.71 bits per heavy atom. The molecule has 24 heavy (non-hydrogen) atoms. The molecule has 1 fully saturated rings. The first-order chi connectivity index (χ1) is 11.5. The number of aliphatic carboxylic acids is 1. The number of ether oxygens (including phenoxy) is 1. The number of nitrogens with one attached hydrogen (secondary N) is 2. The lowest BCUT2D eigenvalue weighted by Crippen LogP contribution is -2.74. The van der Waals surface area contributed by atoms with Crippen LogP contribution in [0, 0.1) is 0 Å². The van der Waals surface area contributed by atoms with Crippen LogP contribution in [0.5, 0.6) is 0 Å². The number of aliphatic hydroxyl groups excluding tert-OH is 1. The van der Waals surface area contributed by atoms with E-state index in [0.717, 1.165) is 0 Å². The maximum Gasteiger partial charge on any atom is 0.321 e. The largest absolute Gasteiger partial charge is 0.480 e. The van der Waals surface area contributed by atoms with Crippen LogP contribution in [-0.2, 0) is 20.3 Å². The molecular weight excluding hydrogens is 336 g/mol. The van der Waals surface area contributed by atoms with E-state index in [0.29, 0.717) is 19.4 Å². The van der Waals surface area contributed by atoms with Crippen LogP contribution in [0.15, 0.2) is 30.0 Å². The van der Waals surface area contributed by atoms with Gasteiger partial charge < -0.3 is 14.9 Å². The molecule has 0 aromatic carbocycles. The zero-order chi connectivity index (χ0) is 17.6. The fraction of sp³-hybridized carbons (Fsp3) is 0.571. The highest BCUT2D eigenvalue weighted by Gasteiger charge is 2.49. The molecule has 4 N–H and O–H groups in total. The van der Waals surface area contributed by atoms with Crippen LogP contribution in [0.1, 0.15) is 12.8 Å². The van der Waals surface area contributed by atoms with Crippen molar-refractivity contribution in [3.8, 4) is 0 Å². The first-order valence-corrected chi connectivity index (χ1v) is 9.00. The van der Waals surface area contributed by atoms with Crippen LogP contribution in [0.4, 0.5) is 0 Å². The molecule has 0 aromatic heterocycles. The predicted molar refractivity (Wildman–Crippen MR) is 89.2 cm³/mol. The molecule has 2 rings (SSSR count). The number of aliphatic hydroxyl groups is 1. The van der Waals surface area contributed by atoms with Gasteiger partial charge in [-0.15, -0.1) is 6.58 Å². The quantitative estimate of drug-likeness (QED) is 0.412. The Balaban J connectivity index is 2.23. The summed E-state index contributed by atoms with van der Waals surface area (Å²) in [4.78, 5) is 15.6. The van der Waals surface area contributed by atoms with Crippen molar-refractivity contribution in [2.75, 3.05) is 18.1 Å². The summed E-state index contributed by atoms with van der Waals surface area (Å²) in [6, 6.07) is -1.18. The number of aliphatic imine (C=N–C) groups is 1. The van der Waals surface area contributed by atoms with Crippen molar-refractivity contribution in [3.63, 3.8) is 0 Å². The number of hydrogen-bond acceptors (Lipinski definition) is 8. The summed E-state index contributed by atoms with van der Waals surface area (Å²) in [6.45, 7) is 3.83. The van der Waals surface area contributed by atoms with Gasteiger partial charge in [0.2, 0.25) is 5.85 Å². The summed E-state index contributed by atoms with van der Waals surface area (Å²) in [5.41, 5.74) is 2.85. The highest BCUT2D eigenvalue weighted by Crippen LogP contribution is 2.26. The van der Waals surface area contributed by atoms with E-state index in [4.69, 9.17) is 4.74 Å². The molecule has 1 saturated heterocycles. The molecule has 4 atom stereocenters. The lowest BCUT2D eigenvalue weighted by atomic mass is 10.0. The molecule has 0 amide bonds. The average Bonchev–Trinajstić information content (AvgIpc) is 2.57. The molecule has 0 radical (unpaired) electrons. The SMILES string of the molecule is C=CCS(=O)C[C@H](NC1(N2C=NC=CN2)OCCCC1O)C(=O)O. The first-order valence-electron chi connectivity index (χ1n) is 7.52. The predicted octanol–water partition coefficient (Wildman–Crippen LogP) is -0.891. The summed E-state index contributed by atoms with van der Waals surface area (Å²) in [5, 5.41) is 24.2. The summed E-state index contributed by atoms with van der Waals surface area (Å²) in [7, 11) is -1.39. The van der Waals surface area contributed by atoms with Crippen LogP contribution in [0.25, 0.3) is 0 Å². The monoisotopic (exact) mass is 358 g/mol. The minimum Gasteiger partial charge on any atom is -0.480 e. The Kier molecular flexibility index (Phi) is 6.49. The van der Waals surface area contributed by atoms with E-state index >= 15 is 0 Å². The van der Waals surface area contributed by atoms with Gasteiger partial charge in [0.15, 0.2) is 0 Å². The standard InChI is InChI=1S/C14H22N4O5S/c1-2-8-24(22)9-11(13(20)21)17-14(12(19)4-3-7-23-14)18-10-15-5-6-16-18/h2,5-6,10-12,16-17,19H,1,3-4,7-9H2,(H,20,21)/t11-,12?,14?,24?/m0/s1.